The highest BCUT2D eigenvalue weighted by molar-refractivity contribution is 5.78. The first-order chi connectivity index (χ1) is 14.7. The third kappa shape index (κ3) is 5.14. The van der Waals surface area contributed by atoms with Gasteiger partial charge in [-0.3, -0.25) is 9.69 Å². The zero-order chi connectivity index (χ0) is 20.8. The maximum atomic E-state index is 12.8. The lowest BCUT2D eigenvalue weighted by atomic mass is 9.90. The molecule has 2 heterocycles. The van der Waals surface area contributed by atoms with E-state index in [0.29, 0.717) is 18.4 Å². The van der Waals surface area contributed by atoms with Crippen LogP contribution in [0.25, 0.3) is 0 Å². The molecule has 5 heteroatoms. The molecule has 0 aromatic heterocycles. The highest BCUT2D eigenvalue weighted by Gasteiger charge is 2.26. The number of hydrogen-bond donors (Lipinski definition) is 0. The van der Waals surface area contributed by atoms with Gasteiger partial charge >= 0.3 is 0 Å². The first kappa shape index (κ1) is 20.7. The Bertz CT molecular complexity index is 810. The lowest BCUT2D eigenvalue weighted by Crippen LogP contribution is -2.51. The molecule has 2 aliphatic heterocycles. The van der Waals surface area contributed by atoms with Crippen molar-refractivity contribution in [3.05, 3.63) is 60.2 Å². The second-order valence-electron chi connectivity index (χ2n) is 8.45. The summed E-state index contributed by atoms with van der Waals surface area (Å²) in [6, 6.07) is 18.9. The van der Waals surface area contributed by atoms with Crippen molar-refractivity contribution in [2.45, 2.75) is 19.3 Å². The maximum absolute atomic E-state index is 12.8. The van der Waals surface area contributed by atoms with Crippen molar-refractivity contribution >= 4 is 11.6 Å². The number of rotatable bonds is 6. The Kier molecular flexibility index (Phi) is 6.90. The predicted molar refractivity (Wildman–Crippen MR) is 121 cm³/mol. The number of ether oxygens (including phenoxy) is 1. The Morgan fingerprint density at radius 3 is 2.27 bits per heavy atom. The van der Waals surface area contributed by atoms with Gasteiger partial charge in [0.05, 0.1) is 19.3 Å². The molecule has 2 saturated heterocycles. The fourth-order valence-corrected chi connectivity index (χ4v) is 4.66. The SMILES string of the molecule is COc1ccccc1N1CCN(CC(=O)N2CCC(Cc3ccccc3)CC2)CC1. The molecule has 0 aliphatic carbocycles. The van der Waals surface area contributed by atoms with Gasteiger partial charge in [-0.25, -0.2) is 0 Å². The number of piperidine rings is 1. The first-order valence-corrected chi connectivity index (χ1v) is 11.1. The monoisotopic (exact) mass is 407 g/mol. The van der Waals surface area contributed by atoms with Crippen molar-refractivity contribution in [3.63, 3.8) is 0 Å². The van der Waals surface area contributed by atoms with E-state index in [-0.39, 0.29) is 0 Å². The number of anilines is 1. The minimum Gasteiger partial charge on any atom is -0.495 e. The number of likely N-dealkylation sites (tertiary alicyclic amines) is 1. The average Bonchev–Trinajstić information content (AvgIpc) is 2.81. The van der Waals surface area contributed by atoms with Gasteiger partial charge in [0.25, 0.3) is 0 Å². The summed E-state index contributed by atoms with van der Waals surface area (Å²) in [5.74, 6) is 1.90. The Labute approximate surface area is 180 Å². The predicted octanol–water partition coefficient (Wildman–Crippen LogP) is 3.30. The fourth-order valence-electron chi connectivity index (χ4n) is 4.66. The van der Waals surface area contributed by atoms with Gasteiger partial charge < -0.3 is 14.5 Å². The van der Waals surface area contributed by atoms with E-state index in [1.165, 1.54) is 5.56 Å². The Hall–Kier alpha value is -2.53. The molecule has 0 N–H and O–H groups in total. The molecular weight excluding hydrogens is 374 g/mol. The van der Waals surface area contributed by atoms with E-state index in [2.05, 4.69) is 57.2 Å². The largest absolute Gasteiger partial charge is 0.495 e. The molecule has 2 aromatic carbocycles. The van der Waals surface area contributed by atoms with Gasteiger partial charge in [-0.05, 0) is 42.9 Å². The van der Waals surface area contributed by atoms with Crippen LogP contribution in [0.15, 0.2) is 54.6 Å². The van der Waals surface area contributed by atoms with Crippen LogP contribution in [0.1, 0.15) is 18.4 Å². The summed E-state index contributed by atoms with van der Waals surface area (Å²) in [5, 5.41) is 0. The van der Waals surface area contributed by atoms with E-state index in [4.69, 9.17) is 4.74 Å². The lowest BCUT2D eigenvalue weighted by molar-refractivity contribution is -0.133. The minimum absolute atomic E-state index is 0.291. The van der Waals surface area contributed by atoms with Crippen molar-refractivity contribution in [1.82, 2.24) is 9.80 Å². The standard InChI is InChI=1S/C25H33N3O2/c1-30-24-10-6-5-9-23(24)27-17-15-26(16-18-27)20-25(29)28-13-11-22(12-14-28)19-21-7-3-2-4-8-21/h2-10,22H,11-20H2,1H3. The van der Waals surface area contributed by atoms with Gasteiger partial charge in [0.15, 0.2) is 0 Å². The van der Waals surface area contributed by atoms with Crippen molar-refractivity contribution in [3.8, 4) is 5.75 Å². The molecule has 0 unspecified atom stereocenters. The van der Waals surface area contributed by atoms with Crippen LogP contribution in [0.2, 0.25) is 0 Å². The topological polar surface area (TPSA) is 36.0 Å². The maximum Gasteiger partial charge on any atom is 0.236 e. The average molecular weight is 408 g/mol. The van der Waals surface area contributed by atoms with Crippen LogP contribution in [0.3, 0.4) is 0 Å². The third-order valence-electron chi connectivity index (χ3n) is 6.49. The minimum atomic E-state index is 0.291. The van der Waals surface area contributed by atoms with Gasteiger partial charge in [0.1, 0.15) is 5.75 Å². The van der Waals surface area contributed by atoms with Crippen molar-refractivity contribution in [1.29, 1.82) is 0 Å². The van der Waals surface area contributed by atoms with Crippen LogP contribution >= 0.6 is 0 Å². The summed E-state index contributed by atoms with van der Waals surface area (Å²) >= 11 is 0. The van der Waals surface area contributed by atoms with Gasteiger partial charge in [-0.1, -0.05) is 42.5 Å². The number of nitrogens with zero attached hydrogens (tertiary/aromatic N) is 3. The number of amides is 1. The van der Waals surface area contributed by atoms with Crippen LogP contribution in [0, 0.1) is 5.92 Å². The Morgan fingerprint density at radius 1 is 0.900 bits per heavy atom. The van der Waals surface area contributed by atoms with E-state index in [0.717, 1.165) is 70.0 Å². The normalized spacial score (nSPS) is 18.4. The summed E-state index contributed by atoms with van der Waals surface area (Å²) in [6.45, 7) is 6.01. The lowest BCUT2D eigenvalue weighted by Gasteiger charge is -2.38. The second kappa shape index (κ2) is 9.98. The molecule has 0 atom stereocenters. The van der Waals surface area contributed by atoms with Gasteiger partial charge in [-0.2, -0.15) is 0 Å². The summed E-state index contributed by atoms with van der Waals surface area (Å²) in [6.07, 6.45) is 3.36. The first-order valence-electron chi connectivity index (χ1n) is 11.1. The molecule has 1 amide bonds. The Morgan fingerprint density at radius 2 is 1.57 bits per heavy atom. The molecule has 160 valence electrons. The quantitative estimate of drug-likeness (QED) is 0.736. The molecule has 5 nitrogen and oxygen atoms in total. The van der Waals surface area contributed by atoms with E-state index in [9.17, 15) is 4.79 Å². The van der Waals surface area contributed by atoms with Crippen molar-refractivity contribution in [2.75, 3.05) is 57.8 Å². The van der Waals surface area contributed by atoms with Gasteiger partial charge in [-0.15, -0.1) is 0 Å². The summed E-state index contributed by atoms with van der Waals surface area (Å²) < 4.78 is 5.50. The second-order valence-corrected chi connectivity index (χ2v) is 8.45. The summed E-state index contributed by atoms with van der Waals surface area (Å²) in [7, 11) is 1.72. The highest BCUT2D eigenvalue weighted by Crippen LogP contribution is 2.28. The molecule has 4 rings (SSSR count). The molecular formula is C25H33N3O2. The van der Waals surface area contributed by atoms with Crippen molar-refractivity contribution < 1.29 is 9.53 Å². The van der Waals surface area contributed by atoms with Gasteiger partial charge in [0, 0.05) is 39.3 Å². The zero-order valence-electron chi connectivity index (χ0n) is 18.0. The van der Waals surface area contributed by atoms with Crippen LogP contribution in [-0.4, -0.2) is 68.6 Å². The van der Waals surface area contributed by atoms with Crippen LogP contribution < -0.4 is 9.64 Å². The number of para-hydroxylation sites is 2. The molecule has 2 aliphatic rings. The molecule has 0 bridgehead atoms. The molecule has 0 radical (unpaired) electrons. The Balaban J connectivity index is 1.21. The number of hydrogen-bond acceptors (Lipinski definition) is 4. The van der Waals surface area contributed by atoms with Crippen LogP contribution in [0.5, 0.6) is 5.75 Å². The zero-order valence-corrected chi connectivity index (χ0v) is 18.0. The third-order valence-corrected chi connectivity index (χ3v) is 6.49. The molecule has 30 heavy (non-hydrogen) atoms. The van der Waals surface area contributed by atoms with Crippen LogP contribution in [0.4, 0.5) is 5.69 Å². The molecule has 2 fully saturated rings. The molecule has 0 spiro atoms. The smallest absolute Gasteiger partial charge is 0.236 e. The van der Waals surface area contributed by atoms with Crippen molar-refractivity contribution in [2.24, 2.45) is 5.92 Å². The number of carbonyl (C=O) groups is 1. The van der Waals surface area contributed by atoms with E-state index < -0.39 is 0 Å². The van der Waals surface area contributed by atoms with E-state index >= 15 is 0 Å². The number of piperazine rings is 1. The van der Waals surface area contributed by atoms with E-state index in [1.807, 2.05) is 12.1 Å². The number of benzene rings is 2. The number of methoxy groups -OCH3 is 1. The summed E-state index contributed by atoms with van der Waals surface area (Å²) in [4.78, 5) is 19.6. The van der Waals surface area contributed by atoms with E-state index in [1.54, 1.807) is 7.11 Å². The fraction of sp³-hybridized carbons (Fsp3) is 0.480. The highest BCUT2D eigenvalue weighted by atomic mass is 16.5. The molecule has 2 aromatic rings. The summed E-state index contributed by atoms with van der Waals surface area (Å²) in [5.41, 5.74) is 2.56. The van der Waals surface area contributed by atoms with Crippen LogP contribution in [-0.2, 0) is 11.2 Å². The van der Waals surface area contributed by atoms with Gasteiger partial charge in [0.2, 0.25) is 5.91 Å². The molecule has 0 saturated carbocycles. The number of carbonyl (C=O) groups excluding carboxylic acids is 1.